The lowest BCUT2D eigenvalue weighted by Crippen LogP contribution is -2.44. The van der Waals surface area contributed by atoms with Gasteiger partial charge in [-0.3, -0.25) is 9.69 Å². The largest absolute Gasteiger partial charge is 0.494 e. The van der Waals surface area contributed by atoms with Crippen molar-refractivity contribution in [3.8, 4) is 5.75 Å². The molecule has 1 saturated heterocycles. The molecule has 0 unspecified atom stereocenters. The second-order valence-corrected chi connectivity index (χ2v) is 7.12. The van der Waals surface area contributed by atoms with Gasteiger partial charge in [-0.1, -0.05) is 24.3 Å². The number of carbonyl (C=O) groups excluding carboxylic acids is 2. The maximum atomic E-state index is 12.8. The molecule has 2 aliphatic rings. The van der Waals surface area contributed by atoms with Gasteiger partial charge in [0.05, 0.1) is 6.61 Å². The topological polar surface area (TPSA) is 53.1 Å². The van der Waals surface area contributed by atoms with Crippen molar-refractivity contribution in [1.29, 1.82) is 0 Å². The van der Waals surface area contributed by atoms with E-state index < -0.39 is 0 Å². The Kier molecular flexibility index (Phi) is 5.19. The first-order valence-corrected chi connectivity index (χ1v) is 9.79. The summed E-state index contributed by atoms with van der Waals surface area (Å²) in [5, 5.41) is 0. The summed E-state index contributed by atoms with van der Waals surface area (Å²) in [6.45, 7) is 5.16. The smallest absolute Gasteiger partial charge is 0.325 e. The average molecular weight is 379 g/mol. The molecule has 4 rings (SSSR count). The van der Waals surface area contributed by atoms with Crippen LogP contribution in [0.15, 0.2) is 48.5 Å². The molecule has 0 radical (unpaired) electrons. The SMILES string of the molecule is CCOc1ccc(N2CCN(CC(=O)N3CCc4ccccc4C3)C2=O)cc1. The van der Waals surface area contributed by atoms with Gasteiger partial charge in [0.2, 0.25) is 5.91 Å². The number of carbonyl (C=O) groups is 2. The molecule has 0 atom stereocenters. The molecule has 146 valence electrons. The Hall–Kier alpha value is -3.02. The molecule has 6 heteroatoms. The van der Waals surface area contributed by atoms with Gasteiger partial charge in [-0.05, 0) is 48.7 Å². The van der Waals surface area contributed by atoms with Crippen LogP contribution in [0.5, 0.6) is 5.75 Å². The quantitative estimate of drug-likeness (QED) is 0.803. The Balaban J connectivity index is 1.37. The summed E-state index contributed by atoms with van der Waals surface area (Å²) in [5.41, 5.74) is 3.34. The Labute approximate surface area is 165 Å². The maximum absolute atomic E-state index is 12.8. The van der Waals surface area contributed by atoms with E-state index in [9.17, 15) is 9.59 Å². The fourth-order valence-corrected chi connectivity index (χ4v) is 3.83. The maximum Gasteiger partial charge on any atom is 0.325 e. The van der Waals surface area contributed by atoms with Crippen molar-refractivity contribution in [2.24, 2.45) is 0 Å². The van der Waals surface area contributed by atoms with Crippen LogP contribution in [0.3, 0.4) is 0 Å². The summed E-state index contributed by atoms with van der Waals surface area (Å²) < 4.78 is 5.45. The lowest BCUT2D eigenvalue weighted by molar-refractivity contribution is -0.132. The summed E-state index contributed by atoms with van der Waals surface area (Å²) in [6, 6.07) is 15.6. The van der Waals surface area contributed by atoms with E-state index in [0.29, 0.717) is 32.8 Å². The minimum Gasteiger partial charge on any atom is -0.494 e. The standard InChI is InChI=1S/C22H25N3O3/c1-2-28-20-9-7-19(8-10-20)25-14-13-24(22(25)27)16-21(26)23-12-11-17-5-3-4-6-18(17)15-23/h3-10H,2,11-16H2,1H3. The molecule has 0 aliphatic carbocycles. The monoisotopic (exact) mass is 379 g/mol. The zero-order valence-electron chi connectivity index (χ0n) is 16.1. The van der Waals surface area contributed by atoms with Gasteiger partial charge in [0, 0.05) is 31.9 Å². The number of hydrogen-bond acceptors (Lipinski definition) is 3. The molecule has 0 spiro atoms. The second kappa shape index (κ2) is 7.92. The summed E-state index contributed by atoms with van der Waals surface area (Å²) >= 11 is 0. The number of amides is 3. The van der Waals surface area contributed by atoms with Gasteiger partial charge in [-0.25, -0.2) is 4.79 Å². The lowest BCUT2D eigenvalue weighted by Gasteiger charge is -2.30. The van der Waals surface area contributed by atoms with Crippen LogP contribution in [-0.2, 0) is 17.8 Å². The average Bonchev–Trinajstić information content (AvgIpc) is 3.08. The minimum absolute atomic E-state index is 0.0106. The number of fused-ring (bicyclic) bond motifs is 1. The predicted octanol–water partition coefficient (Wildman–Crippen LogP) is 2.91. The highest BCUT2D eigenvalue weighted by Gasteiger charge is 2.32. The number of hydrogen-bond donors (Lipinski definition) is 0. The van der Waals surface area contributed by atoms with E-state index in [1.165, 1.54) is 11.1 Å². The first-order chi connectivity index (χ1) is 13.7. The summed E-state index contributed by atoms with van der Waals surface area (Å²) in [4.78, 5) is 30.8. The third kappa shape index (κ3) is 3.67. The highest BCUT2D eigenvalue weighted by atomic mass is 16.5. The van der Waals surface area contributed by atoms with Crippen LogP contribution in [0, 0.1) is 0 Å². The number of benzene rings is 2. The fourth-order valence-electron chi connectivity index (χ4n) is 3.83. The molecule has 28 heavy (non-hydrogen) atoms. The summed E-state index contributed by atoms with van der Waals surface area (Å²) in [7, 11) is 0. The zero-order chi connectivity index (χ0) is 19.5. The third-order valence-electron chi connectivity index (χ3n) is 5.36. The predicted molar refractivity (Wildman–Crippen MR) is 107 cm³/mol. The molecule has 0 N–H and O–H groups in total. The summed E-state index contributed by atoms with van der Waals surface area (Å²) in [5.74, 6) is 0.798. The highest BCUT2D eigenvalue weighted by Crippen LogP contribution is 2.24. The Morgan fingerprint density at radius 1 is 1.00 bits per heavy atom. The van der Waals surface area contributed by atoms with Gasteiger partial charge in [-0.15, -0.1) is 0 Å². The lowest BCUT2D eigenvalue weighted by atomic mass is 10.00. The van der Waals surface area contributed by atoms with E-state index in [1.54, 1.807) is 9.80 Å². The van der Waals surface area contributed by atoms with Crippen molar-refractivity contribution in [1.82, 2.24) is 9.80 Å². The van der Waals surface area contributed by atoms with E-state index in [1.807, 2.05) is 48.2 Å². The molecule has 2 aliphatic heterocycles. The first kappa shape index (κ1) is 18.3. The van der Waals surface area contributed by atoms with Gasteiger partial charge >= 0.3 is 6.03 Å². The van der Waals surface area contributed by atoms with E-state index in [0.717, 1.165) is 17.9 Å². The molecule has 2 aromatic carbocycles. The Morgan fingerprint density at radius 3 is 2.50 bits per heavy atom. The van der Waals surface area contributed by atoms with Crippen molar-refractivity contribution in [3.63, 3.8) is 0 Å². The Bertz CT molecular complexity index is 866. The number of urea groups is 1. The third-order valence-corrected chi connectivity index (χ3v) is 5.36. The second-order valence-electron chi connectivity index (χ2n) is 7.12. The van der Waals surface area contributed by atoms with Crippen molar-refractivity contribution in [3.05, 3.63) is 59.7 Å². The number of ether oxygens (including phenoxy) is 1. The van der Waals surface area contributed by atoms with Crippen LogP contribution in [0.4, 0.5) is 10.5 Å². The van der Waals surface area contributed by atoms with Gasteiger partial charge in [0.25, 0.3) is 0 Å². The molecule has 0 saturated carbocycles. The van der Waals surface area contributed by atoms with Crippen molar-refractivity contribution in [2.75, 3.05) is 37.7 Å². The normalized spacial score (nSPS) is 16.3. The van der Waals surface area contributed by atoms with Crippen LogP contribution in [0.2, 0.25) is 0 Å². The van der Waals surface area contributed by atoms with Gasteiger partial charge < -0.3 is 14.5 Å². The van der Waals surface area contributed by atoms with Crippen LogP contribution in [0.25, 0.3) is 0 Å². The molecule has 6 nitrogen and oxygen atoms in total. The molecule has 0 aromatic heterocycles. The van der Waals surface area contributed by atoms with Crippen LogP contribution < -0.4 is 9.64 Å². The van der Waals surface area contributed by atoms with Crippen LogP contribution in [-0.4, -0.2) is 54.5 Å². The van der Waals surface area contributed by atoms with E-state index in [4.69, 9.17) is 4.74 Å². The van der Waals surface area contributed by atoms with E-state index in [-0.39, 0.29) is 18.5 Å². The summed E-state index contributed by atoms with van der Waals surface area (Å²) in [6.07, 6.45) is 0.869. The first-order valence-electron chi connectivity index (χ1n) is 9.79. The van der Waals surface area contributed by atoms with Crippen molar-refractivity contribution in [2.45, 2.75) is 19.9 Å². The number of nitrogens with zero attached hydrogens (tertiary/aromatic N) is 3. The number of anilines is 1. The van der Waals surface area contributed by atoms with E-state index >= 15 is 0 Å². The van der Waals surface area contributed by atoms with Gasteiger partial charge in [-0.2, -0.15) is 0 Å². The molecule has 2 aromatic rings. The zero-order valence-corrected chi connectivity index (χ0v) is 16.1. The van der Waals surface area contributed by atoms with Gasteiger partial charge in [0.15, 0.2) is 0 Å². The Morgan fingerprint density at radius 2 is 1.75 bits per heavy atom. The van der Waals surface area contributed by atoms with Crippen LogP contribution >= 0.6 is 0 Å². The van der Waals surface area contributed by atoms with E-state index in [2.05, 4.69) is 12.1 Å². The van der Waals surface area contributed by atoms with Crippen LogP contribution in [0.1, 0.15) is 18.1 Å². The van der Waals surface area contributed by atoms with Crippen molar-refractivity contribution < 1.29 is 14.3 Å². The highest BCUT2D eigenvalue weighted by molar-refractivity contribution is 5.96. The molecular formula is C22H25N3O3. The molecule has 3 amide bonds. The van der Waals surface area contributed by atoms with Crippen molar-refractivity contribution >= 4 is 17.6 Å². The minimum atomic E-state index is -0.116. The van der Waals surface area contributed by atoms with Gasteiger partial charge in [0.1, 0.15) is 12.3 Å². The number of rotatable bonds is 5. The molecule has 0 bridgehead atoms. The fraction of sp³-hybridized carbons (Fsp3) is 0.364. The molecular weight excluding hydrogens is 354 g/mol. The molecule has 2 heterocycles. The molecule has 1 fully saturated rings.